The molecular formula is C26H41NO3. The maximum Gasteiger partial charge on any atom is 0.311 e. The molecule has 1 aromatic rings. The molecule has 168 valence electrons. The van der Waals surface area contributed by atoms with Crippen LogP contribution in [0.2, 0.25) is 0 Å². The van der Waals surface area contributed by atoms with Gasteiger partial charge in [0, 0.05) is 0 Å². The lowest BCUT2D eigenvalue weighted by atomic mass is 9.46. The Morgan fingerprint density at radius 3 is 2.70 bits per heavy atom. The molecule has 4 nitrogen and oxygen atoms in total. The number of rotatable bonds is 8. The molecule has 2 saturated carbocycles. The average Bonchev–Trinajstić information content (AvgIpc) is 3.17. The van der Waals surface area contributed by atoms with Crippen LogP contribution in [0.25, 0.3) is 0 Å². The third-order valence-electron chi connectivity index (χ3n) is 8.47. The van der Waals surface area contributed by atoms with Gasteiger partial charge in [-0.2, -0.15) is 0 Å². The molecule has 1 aromatic heterocycles. The number of esters is 1. The van der Waals surface area contributed by atoms with E-state index in [-0.39, 0.29) is 16.8 Å². The Labute approximate surface area is 183 Å². The molecule has 0 radical (unpaired) electrons. The van der Waals surface area contributed by atoms with Gasteiger partial charge in [0.25, 0.3) is 0 Å². The van der Waals surface area contributed by atoms with Crippen LogP contribution in [0.4, 0.5) is 0 Å². The highest BCUT2D eigenvalue weighted by Gasteiger charge is 2.57. The van der Waals surface area contributed by atoms with Crippen molar-refractivity contribution in [2.75, 3.05) is 20.2 Å². The molecule has 0 bridgehead atoms. The number of methoxy groups -OCH3 is 1. The minimum absolute atomic E-state index is 0.0268. The van der Waals surface area contributed by atoms with E-state index in [2.05, 4.69) is 45.2 Å². The molecule has 0 spiro atoms. The molecule has 4 heteroatoms. The molecule has 2 aliphatic carbocycles. The van der Waals surface area contributed by atoms with Crippen molar-refractivity contribution >= 4 is 5.97 Å². The van der Waals surface area contributed by atoms with Gasteiger partial charge < -0.3 is 9.15 Å². The van der Waals surface area contributed by atoms with Crippen LogP contribution in [0.15, 0.2) is 28.9 Å². The van der Waals surface area contributed by atoms with Gasteiger partial charge in [0.15, 0.2) is 0 Å². The van der Waals surface area contributed by atoms with Crippen molar-refractivity contribution in [2.45, 2.75) is 79.2 Å². The molecule has 0 unspecified atom stereocenters. The molecule has 0 amide bonds. The molecule has 0 aliphatic heterocycles. The summed E-state index contributed by atoms with van der Waals surface area (Å²) in [6, 6.07) is 2.14. The molecular weight excluding hydrogens is 374 g/mol. The number of aryl methyl sites for hydroxylation is 1. The normalized spacial score (nSPS) is 31.6. The van der Waals surface area contributed by atoms with Crippen molar-refractivity contribution in [3.05, 3.63) is 35.8 Å². The van der Waals surface area contributed by atoms with Crippen molar-refractivity contribution in [1.29, 1.82) is 0 Å². The number of furan rings is 1. The Kier molecular flexibility index (Phi) is 7.16. The summed E-state index contributed by atoms with van der Waals surface area (Å²) in [7, 11) is 1.54. The van der Waals surface area contributed by atoms with Crippen molar-refractivity contribution < 1.29 is 13.9 Å². The van der Waals surface area contributed by atoms with E-state index >= 15 is 0 Å². The van der Waals surface area contributed by atoms with Crippen LogP contribution in [0.5, 0.6) is 0 Å². The third kappa shape index (κ3) is 4.12. The topological polar surface area (TPSA) is 42.7 Å². The Morgan fingerprint density at radius 2 is 2.03 bits per heavy atom. The first-order valence-electron chi connectivity index (χ1n) is 11.8. The van der Waals surface area contributed by atoms with Gasteiger partial charge in [-0.05, 0) is 87.4 Å². The smallest absolute Gasteiger partial charge is 0.311 e. The largest absolute Gasteiger partial charge is 0.469 e. The molecule has 4 atom stereocenters. The van der Waals surface area contributed by atoms with E-state index in [9.17, 15) is 4.79 Å². The van der Waals surface area contributed by atoms with Gasteiger partial charge in [0.2, 0.25) is 0 Å². The lowest BCUT2D eigenvalue weighted by Gasteiger charge is -2.57. The van der Waals surface area contributed by atoms with Gasteiger partial charge in [-0.3, -0.25) is 9.69 Å². The minimum Gasteiger partial charge on any atom is -0.469 e. The van der Waals surface area contributed by atoms with Crippen LogP contribution in [0.1, 0.15) is 77.5 Å². The number of hydrogen-bond donors (Lipinski definition) is 0. The Morgan fingerprint density at radius 1 is 1.30 bits per heavy atom. The van der Waals surface area contributed by atoms with Gasteiger partial charge in [-0.15, -0.1) is 0 Å². The molecule has 1 heterocycles. The number of hydrogen-bond acceptors (Lipinski definition) is 4. The highest BCUT2D eigenvalue weighted by molar-refractivity contribution is 5.77. The van der Waals surface area contributed by atoms with Crippen LogP contribution in [-0.4, -0.2) is 31.1 Å². The van der Waals surface area contributed by atoms with Crippen LogP contribution in [-0.2, 0) is 22.5 Å². The van der Waals surface area contributed by atoms with E-state index in [1.54, 1.807) is 0 Å². The first kappa shape index (κ1) is 23.1. The first-order valence-corrected chi connectivity index (χ1v) is 11.8. The van der Waals surface area contributed by atoms with E-state index in [4.69, 9.17) is 9.15 Å². The summed E-state index contributed by atoms with van der Waals surface area (Å²) >= 11 is 0. The van der Waals surface area contributed by atoms with E-state index < -0.39 is 0 Å². The predicted octanol–water partition coefficient (Wildman–Crippen LogP) is 6.01. The number of fused-ring (bicyclic) bond motifs is 1. The quantitative estimate of drug-likeness (QED) is 0.385. The molecule has 3 rings (SSSR count). The van der Waals surface area contributed by atoms with E-state index in [1.165, 1.54) is 24.7 Å². The fourth-order valence-corrected chi connectivity index (χ4v) is 6.64. The summed E-state index contributed by atoms with van der Waals surface area (Å²) in [5.74, 6) is 1.88. The summed E-state index contributed by atoms with van der Waals surface area (Å²) in [4.78, 5) is 15.2. The zero-order valence-corrected chi connectivity index (χ0v) is 19.8. The fraction of sp³-hybridized carbons (Fsp3) is 0.731. The van der Waals surface area contributed by atoms with Gasteiger partial charge in [-0.1, -0.05) is 39.3 Å². The first-order chi connectivity index (χ1) is 14.3. The molecule has 0 aromatic carbocycles. The summed E-state index contributed by atoms with van der Waals surface area (Å²) < 4.78 is 11.1. The standard InChI is InChI=1S/C26H41NO3/c1-7-27(8-2)18-22-20(14-17-30-22)11-12-21-19(3)10-13-23-25(21,4)15-9-16-26(23,5)24(28)29-6/h14,17,21,23H,3,7-13,15-16,18H2,1-2,4-6H3/t21-,23-,25+,26+/m0/s1. The Bertz CT molecular complexity index is 749. The summed E-state index contributed by atoms with van der Waals surface area (Å²) in [5.41, 5.74) is 2.44. The summed E-state index contributed by atoms with van der Waals surface area (Å²) in [6.07, 6.45) is 9.19. The maximum atomic E-state index is 12.8. The zero-order chi connectivity index (χ0) is 21.9. The SMILES string of the molecule is C=C1CC[C@H]2[C@](C)(CCC[C@@]2(C)C(=O)OC)[C@H]1CCc1ccoc1CN(CC)CC. The molecule has 30 heavy (non-hydrogen) atoms. The molecule has 2 fully saturated rings. The van der Waals surface area contributed by atoms with Crippen molar-refractivity contribution in [2.24, 2.45) is 22.7 Å². The van der Waals surface area contributed by atoms with E-state index in [0.717, 1.165) is 63.9 Å². The minimum atomic E-state index is -0.371. The second kappa shape index (κ2) is 9.30. The van der Waals surface area contributed by atoms with E-state index in [1.807, 2.05) is 6.26 Å². The number of allylic oxidation sites excluding steroid dienone is 1. The third-order valence-corrected chi connectivity index (χ3v) is 8.47. The summed E-state index contributed by atoms with van der Waals surface area (Å²) in [6.45, 7) is 16.4. The van der Waals surface area contributed by atoms with Gasteiger partial charge >= 0.3 is 5.97 Å². The zero-order valence-electron chi connectivity index (χ0n) is 19.8. The number of carbonyl (C=O) groups is 1. The highest BCUT2D eigenvalue weighted by atomic mass is 16.5. The number of nitrogens with zero attached hydrogens (tertiary/aromatic N) is 1. The number of carbonyl (C=O) groups excluding carboxylic acids is 1. The van der Waals surface area contributed by atoms with E-state index in [0.29, 0.717) is 11.8 Å². The predicted molar refractivity (Wildman–Crippen MR) is 121 cm³/mol. The highest BCUT2D eigenvalue weighted by Crippen LogP contribution is 2.62. The van der Waals surface area contributed by atoms with Crippen LogP contribution >= 0.6 is 0 Å². The second-order valence-corrected chi connectivity index (χ2v) is 9.94. The van der Waals surface area contributed by atoms with Crippen molar-refractivity contribution in [3.63, 3.8) is 0 Å². The average molecular weight is 416 g/mol. The van der Waals surface area contributed by atoms with Gasteiger partial charge in [-0.25, -0.2) is 0 Å². The molecule has 0 N–H and O–H groups in total. The van der Waals surface area contributed by atoms with Crippen molar-refractivity contribution in [1.82, 2.24) is 4.90 Å². The Hall–Kier alpha value is -1.55. The lowest BCUT2D eigenvalue weighted by molar-refractivity contribution is -0.168. The maximum absolute atomic E-state index is 12.8. The van der Waals surface area contributed by atoms with Crippen LogP contribution < -0.4 is 0 Å². The van der Waals surface area contributed by atoms with Crippen molar-refractivity contribution in [3.8, 4) is 0 Å². The Balaban J connectivity index is 1.78. The second-order valence-electron chi connectivity index (χ2n) is 9.94. The lowest BCUT2D eigenvalue weighted by Crippen LogP contribution is -2.53. The molecule has 0 saturated heterocycles. The van der Waals surface area contributed by atoms with Gasteiger partial charge in [0.1, 0.15) is 5.76 Å². The fourth-order valence-electron chi connectivity index (χ4n) is 6.64. The van der Waals surface area contributed by atoms with Crippen LogP contribution in [0.3, 0.4) is 0 Å². The van der Waals surface area contributed by atoms with Gasteiger partial charge in [0.05, 0.1) is 25.3 Å². The molecule has 2 aliphatic rings. The number of ether oxygens (including phenoxy) is 1. The monoisotopic (exact) mass is 415 g/mol. The van der Waals surface area contributed by atoms with Crippen LogP contribution in [0, 0.1) is 22.7 Å². The summed E-state index contributed by atoms with van der Waals surface area (Å²) in [5, 5.41) is 0.